The summed E-state index contributed by atoms with van der Waals surface area (Å²) in [5.74, 6) is -1.08. The van der Waals surface area contributed by atoms with Gasteiger partial charge in [-0.05, 0) is 106 Å². The van der Waals surface area contributed by atoms with Crippen LogP contribution in [0.4, 0.5) is 0 Å². The fraction of sp³-hybridized carbons (Fsp3) is 0.630. The van der Waals surface area contributed by atoms with Gasteiger partial charge in [-0.15, -0.1) is 0 Å². The van der Waals surface area contributed by atoms with Crippen LogP contribution in [0.2, 0.25) is 18.1 Å². The molecule has 10 nitrogen and oxygen atoms in total. The first-order valence-corrected chi connectivity index (χ1v) is 23.5. The van der Waals surface area contributed by atoms with Crippen LogP contribution in [-0.2, 0) is 23.4 Å². The van der Waals surface area contributed by atoms with Crippen LogP contribution >= 0.6 is 0 Å². The molecule has 0 spiro atoms. The van der Waals surface area contributed by atoms with Crippen molar-refractivity contribution in [1.29, 1.82) is 10.5 Å². The molecule has 9 atom stereocenters. The van der Waals surface area contributed by atoms with Crippen molar-refractivity contribution in [2.45, 2.75) is 141 Å². The second kappa shape index (κ2) is 19.9. The predicted octanol–water partition coefficient (Wildman–Crippen LogP) is 9.19. The number of rotatable bonds is 18. The van der Waals surface area contributed by atoms with Crippen LogP contribution in [-0.4, -0.2) is 69.2 Å². The fourth-order valence-corrected chi connectivity index (χ4v) is 9.80. The Bertz CT molecular complexity index is 1720. The van der Waals surface area contributed by atoms with E-state index in [1.165, 1.54) is 7.11 Å². The first-order chi connectivity index (χ1) is 27.1. The van der Waals surface area contributed by atoms with Gasteiger partial charge < -0.3 is 33.6 Å². The van der Waals surface area contributed by atoms with Gasteiger partial charge in [0, 0.05) is 17.1 Å². The van der Waals surface area contributed by atoms with E-state index in [-0.39, 0.29) is 42.7 Å². The highest BCUT2D eigenvalue weighted by Crippen LogP contribution is 2.57. The summed E-state index contributed by atoms with van der Waals surface area (Å²) in [5.41, 5.74) is -1.23. The number of carbonyl (C=O) groups excluding carboxylic acids is 1. The van der Waals surface area contributed by atoms with Crippen molar-refractivity contribution in [3.05, 3.63) is 77.4 Å². The van der Waals surface area contributed by atoms with E-state index < -0.39 is 55.8 Å². The smallest absolute Gasteiger partial charge is 0.333 e. The van der Waals surface area contributed by atoms with Crippen LogP contribution in [0.5, 0.6) is 5.75 Å². The van der Waals surface area contributed by atoms with E-state index in [0.29, 0.717) is 23.3 Å². The molecule has 312 valence electrons. The van der Waals surface area contributed by atoms with E-state index in [0.717, 1.165) is 37.7 Å². The maximum absolute atomic E-state index is 14.1. The molecule has 4 rings (SSSR count). The summed E-state index contributed by atoms with van der Waals surface area (Å²) < 4.78 is 31.6. The van der Waals surface area contributed by atoms with Gasteiger partial charge in [-0.3, -0.25) is 0 Å². The number of aliphatic hydroxyl groups is 2. The van der Waals surface area contributed by atoms with E-state index in [1.807, 2.05) is 50.3 Å². The number of allylic oxidation sites excluding steroid dienone is 6. The van der Waals surface area contributed by atoms with E-state index in [9.17, 15) is 25.5 Å². The highest BCUT2D eigenvalue weighted by atomic mass is 28.4. The lowest BCUT2D eigenvalue weighted by Crippen LogP contribution is -2.54. The SMILES string of the molecule is C/C=C/CCCCC[C@@H]1C=C2[C@@H]3OC(c4ccc(OC)cc4)OC[C@@]2(C(O)C#N)CC=C(C(=O)OC)[C@@H]3[C@H]1C[C@@H](O[Si](C)(C)C(C)(C)C)C(O)(C#N)CC/C=C/C. The zero-order chi connectivity index (χ0) is 42.0. The molecule has 1 fully saturated rings. The maximum Gasteiger partial charge on any atom is 0.333 e. The van der Waals surface area contributed by atoms with Gasteiger partial charge in [-0.1, -0.05) is 82.2 Å². The van der Waals surface area contributed by atoms with Crippen LogP contribution < -0.4 is 4.74 Å². The number of esters is 1. The third-order valence-corrected chi connectivity index (χ3v) is 17.4. The lowest BCUT2D eigenvalue weighted by molar-refractivity contribution is -0.176. The molecular weight excluding hydrogens is 737 g/mol. The van der Waals surface area contributed by atoms with Crippen molar-refractivity contribution in [3.63, 3.8) is 0 Å². The van der Waals surface area contributed by atoms with Gasteiger partial charge in [-0.2, -0.15) is 10.5 Å². The number of nitrogens with zero attached hydrogens (tertiary/aromatic N) is 2. The quantitative estimate of drug-likeness (QED) is 0.0483. The highest BCUT2D eigenvalue weighted by molar-refractivity contribution is 6.74. The molecule has 3 unspecified atom stereocenters. The highest BCUT2D eigenvalue weighted by Gasteiger charge is 2.58. The number of aliphatic hydroxyl groups excluding tert-OH is 1. The standard InChI is InChI=1S/C46H66N2O8Si/c1-10-12-14-15-16-17-19-33-27-37-41-40(36(33)28-39(56-57(8,9)44(3,4)5)46(51,30-48)25-18-13-11-2)35(42(50)53-7)24-26-45(37,38(49)29-47)31-54-43(55-41)32-20-22-34(52-6)23-21-32/h10-13,20-24,27,33,36,38-41,43,49,51H,14-19,25-26,28,31H2,1-9H3/b12-10+,13-11+/t33-,36+,38?,39-,40-,41+,43?,45+,46?/m1/s1. The van der Waals surface area contributed by atoms with E-state index in [2.05, 4.69) is 64.2 Å². The number of hydrogen-bond donors (Lipinski definition) is 2. The van der Waals surface area contributed by atoms with Crippen molar-refractivity contribution in [2.24, 2.45) is 23.2 Å². The van der Waals surface area contributed by atoms with Crippen LogP contribution in [0.3, 0.4) is 0 Å². The molecule has 1 saturated heterocycles. The lowest BCUT2D eigenvalue weighted by Gasteiger charge is -2.49. The van der Waals surface area contributed by atoms with Crippen molar-refractivity contribution in [1.82, 2.24) is 0 Å². The minimum Gasteiger partial charge on any atom is -0.497 e. The summed E-state index contributed by atoms with van der Waals surface area (Å²) in [7, 11) is 0.352. The third-order valence-electron chi connectivity index (χ3n) is 12.9. The Balaban J connectivity index is 1.98. The molecule has 1 heterocycles. The Kier molecular flexibility index (Phi) is 16.1. The molecule has 0 amide bonds. The number of carbonyl (C=O) groups is 1. The Hall–Kier alpha value is -3.55. The largest absolute Gasteiger partial charge is 0.497 e. The van der Waals surface area contributed by atoms with Crippen molar-refractivity contribution in [3.8, 4) is 17.9 Å². The summed E-state index contributed by atoms with van der Waals surface area (Å²) in [6, 6.07) is 11.7. The van der Waals surface area contributed by atoms with Gasteiger partial charge >= 0.3 is 5.97 Å². The molecule has 1 aromatic rings. The van der Waals surface area contributed by atoms with Crippen LogP contribution in [0, 0.1) is 45.8 Å². The molecule has 3 aliphatic rings. The number of hydrogen-bond acceptors (Lipinski definition) is 10. The van der Waals surface area contributed by atoms with Crippen LogP contribution in [0.1, 0.15) is 104 Å². The number of unbranched alkanes of at least 4 members (excludes halogenated alkanes) is 3. The van der Waals surface area contributed by atoms with Gasteiger partial charge in [0.15, 0.2) is 26.3 Å². The zero-order valence-corrected chi connectivity index (χ0v) is 36.6. The van der Waals surface area contributed by atoms with Crippen LogP contribution in [0.25, 0.3) is 0 Å². The Labute approximate surface area is 342 Å². The van der Waals surface area contributed by atoms with Crippen molar-refractivity contribution >= 4 is 14.3 Å². The second-order valence-corrected chi connectivity index (χ2v) is 22.2. The molecule has 2 N–H and O–H groups in total. The average Bonchev–Trinajstić information content (AvgIpc) is 3.41. The van der Waals surface area contributed by atoms with Gasteiger partial charge in [0.25, 0.3) is 0 Å². The Morgan fingerprint density at radius 1 is 1.07 bits per heavy atom. The molecule has 1 aromatic carbocycles. The normalized spacial score (nSPS) is 27.2. The molecular formula is C46H66N2O8Si. The van der Waals surface area contributed by atoms with Gasteiger partial charge in [-0.25, -0.2) is 4.79 Å². The number of benzene rings is 1. The minimum absolute atomic E-state index is 0.0323. The van der Waals surface area contributed by atoms with Gasteiger partial charge in [0.05, 0.1) is 44.5 Å². The molecule has 1 aliphatic heterocycles. The summed E-state index contributed by atoms with van der Waals surface area (Å²) in [6.45, 7) is 14.6. The summed E-state index contributed by atoms with van der Waals surface area (Å²) in [6.07, 6.45) is 13.6. The Morgan fingerprint density at radius 2 is 1.75 bits per heavy atom. The summed E-state index contributed by atoms with van der Waals surface area (Å²) >= 11 is 0. The molecule has 4 bridgehead atoms. The van der Waals surface area contributed by atoms with E-state index in [1.54, 1.807) is 13.2 Å². The number of methoxy groups -OCH3 is 2. The topological polar surface area (TPSA) is 151 Å². The predicted molar refractivity (Wildman–Crippen MR) is 223 cm³/mol. The maximum atomic E-state index is 14.1. The zero-order valence-electron chi connectivity index (χ0n) is 35.6. The number of nitriles is 2. The number of ether oxygens (including phenoxy) is 4. The lowest BCUT2D eigenvalue weighted by atomic mass is 9.60. The van der Waals surface area contributed by atoms with Crippen LogP contribution in [0.15, 0.2) is 71.9 Å². The molecule has 57 heavy (non-hydrogen) atoms. The van der Waals surface area contributed by atoms with Crippen molar-refractivity contribution < 1.29 is 38.4 Å². The first kappa shape index (κ1) is 46.1. The Morgan fingerprint density at radius 3 is 2.35 bits per heavy atom. The average molecular weight is 803 g/mol. The van der Waals surface area contributed by atoms with Crippen molar-refractivity contribution in [2.75, 3.05) is 20.8 Å². The third kappa shape index (κ3) is 10.4. The molecule has 0 aromatic heterocycles. The minimum atomic E-state index is -2.60. The first-order valence-electron chi connectivity index (χ1n) is 20.6. The molecule has 2 aliphatic carbocycles. The molecule has 0 saturated carbocycles. The summed E-state index contributed by atoms with van der Waals surface area (Å²) in [5, 5.41) is 45.0. The monoisotopic (exact) mass is 802 g/mol. The van der Waals surface area contributed by atoms with E-state index in [4.69, 9.17) is 23.4 Å². The second-order valence-electron chi connectivity index (χ2n) is 17.4. The van der Waals surface area contributed by atoms with Gasteiger partial charge in [0.1, 0.15) is 11.8 Å². The van der Waals surface area contributed by atoms with Gasteiger partial charge in [0.2, 0.25) is 0 Å². The molecule has 0 radical (unpaired) electrons. The fourth-order valence-electron chi connectivity index (χ4n) is 8.45. The summed E-state index contributed by atoms with van der Waals surface area (Å²) in [4.78, 5) is 14.1. The molecule has 11 heteroatoms. The van der Waals surface area contributed by atoms with E-state index >= 15 is 0 Å².